The minimum absolute atomic E-state index is 0.107. The number of unbranched alkanes of at least 4 members (excludes halogenated alkanes) is 49. The number of carbonyl (C=O) groups is 4. The topological polar surface area (TPSA) is 237 Å². The lowest BCUT2D eigenvalue weighted by Crippen LogP contribution is -2.30. The van der Waals surface area contributed by atoms with E-state index in [9.17, 15) is 43.2 Å². The van der Waals surface area contributed by atoms with Crippen LogP contribution >= 0.6 is 15.6 Å². The van der Waals surface area contributed by atoms with Gasteiger partial charge in [-0.25, -0.2) is 9.13 Å². The number of phosphoric acid groups is 2. The van der Waals surface area contributed by atoms with Gasteiger partial charge in [0.05, 0.1) is 26.4 Å². The fourth-order valence-electron chi connectivity index (χ4n) is 13.1. The number of hydrogen-bond donors (Lipinski definition) is 3. The minimum Gasteiger partial charge on any atom is -0.462 e. The second-order valence-electron chi connectivity index (χ2n) is 31.5. The van der Waals surface area contributed by atoms with Crippen LogP contribution in [-0.4, -0.2) is 96.7 Å². The number of aliphatic hydroxyl groups excluding tert-OH is 1. The Morgan fingerprint density at radius 1 is 0.279 bits per heavy atom. The van der Waals surface area contributed by atoms with Gasteiger partial charge in [-0.05, 0) is 43.4 Å². The van der Waals surface area contributed by atoms with Crippen LogP contribution in [0.3, 0.4) is 0 Å². The Morgan fingerprint density at radius 2 is 0.490 bits per heavy atom. The van der Waals surface area contributed by atoms with Crippen molar-refractivity contribution in [2.45, 2.75) is 465 Å². The van der Waals surface area contributed by atoms with Crippen molar-refractivity contribution in [3.8, 4) is 0 Å². The summed E-state index contributed by atoms with van der Waals surface area (Å²) in [5.41, 5.74) is 0. The second kappa shape index (κ2) is 75.1. The Hall–Kier alpha value is -1.94. The van der Waals surface area contributed by atoms with E-state index < -0.39 is 97.5 Å². The molecule has 104 heavy (non-hydrogen) atoms. The van der Waals surface area contributed by atoms with E-state index in [0.717, 1.165) is 108 Å². The first-order valence-corrected chi connectivity index (χ1v) is 46.9. The van der Waals surface area contributed by atoms with Gasteiger partial charge in [-0.3, -0.25) is 37.3 Å². The highest BCUT2D eigenvalue weighted by Gasteiger charge is 2.30. The van der Waals surface area contributed by atoms with E-state index in [0.29, 0.717) is 25.7 Å². The largest absolute Gasteiger partial charge is 0.472 e. The van der Waals surface area contributed by atoms with Crippen LogP contribution in [0.2, 0.25) is 0 Å². The third-order valence-electron chi connectivity index (χ3n) is 20.6. The average Bonchev–Trinajstić information content (AvgIpc) is 0.905. The van der Waals surface area contributed by atoms with Gasteiger partial charge in [0.15, 0.2) is 12.2 Å². The van der Waals surface area contributed by atoms with Crippen molar-refractivity contribution < 1.29 is 80.2 Å². The number of hydrogen-bond acceptors (Lipinski definition) is 15. The van der Waals surface area contributed by atoms with Crippen LogP contribution in [0.4, 0.5) is 0 Å². The molecule has 19 heteroatoms. The van der Waals surface area contributed by atoms with Crippen molar-refractivity contribution in [1.82, 2.24) is 0 Å². The fraction of sp³-hybridized carbons (Fsp3) is 0.953. The molecule has 4 unspecified atom stereocenters. The van der Waals surface area contributed by atoms with Gasteiger partial charge in [-0.15, -0.1) is 0 Å². The Kier molecular flexibility index (Phi) is 73.7. The van der Waals surface area contributed by atoms with Crippen LogP contribution in [0.25, 0.3) is 0 Å². The summed E-state index contributed by atoms with van der Waals surface area (Å²) in [5.74, 6) is 0.360. The molecule has 0 aromatic heterocycles. The van der Waals surface area contributed by atoms with Crippen LogP contribution < -0.4 is 0 Å². The van der Waals surface area contributed by atoms with E-state index in [1.165, 1.54) is 257 Å². The molecule has 0 aliphatic rings. The van der Waals surface area contributed by atoms with E-state index in [-0.39, 0.29) is 25.7 Å². The standard InChI is InChI=1S/C85H166O17P2/c1-8-11-12-13-14-15-16-30-38-45-52-59-66-82(87)95-73-81(102-85(90)69-62-55-48-41-34-33-37-44-51-58-65-78(7)10-3)75-100-104(93,94)98-71-79(86)70-97-103(91,92)99-74-80(72-96-83(88)67-60-53-46-39-31-27-23-24-28-35-42-49-56-63-76(4)5)101-84(89)68-61-54-47-40-32-26-22-20-18-17-19-21-25-29-36-43-50-57-64-77(6)9-2/h76-81,86H,8-75H2,1-7H3,(H,91,92)(H,93,94)/t77?,78?,79-,80-,81-/m1/s1. The van der Waals surface area contributed by atoms with Crippen molar-refractivity contribution in [2.24, 2.45) is 17.8 Å². The van der Waals surface area contributed by atoms with Gasteiger partial charge in [-0.2, -0.15) is 0 Å². The van der Waals surface area contributed by atoms with Crippen LogP contribution in [0.1, 0.15) is 447 Å². The van der Waals surface area contributed by atoms with Gasteiger partial charge in [0.25, 0.3) is 0 Å². The molecular formula is C85H166O17P2. The molecule has 0 radical (unpaired) electrons. The quantitative estimate of drug-likeness (QED) is 0.0222. The zero-order valence-corrected chi connectivity index (χ0v) is 70.3. The van der Waals surface area contributed by atoms with Crippen LogP contribution in [0.5, 0.6) is 0 Å². The predicted molar refractivity (Wildman–Crippen MR) is 428 cm³/mol. The van der Waals surface area contributed by atoms with Crippen molar-refractivity contribution in [2.75, 3.05) is 39.6 Å². The average molecular weight is 1520 g/mol. The fourth-order valence-corrected chi connectivity index (χ4v) is 14.7. The SMILES string of the molecule is CCCCCCCCCCCCCCC(=O)OC[C@H](COP(=O)(O)OC[C@H](O)COP(=O)(O)OC[C@@H](COC(=O)CCCCCCCCCCCCCCCC(C)C)OC(=O)CCCCCCCCCCCCCCCCCCCCC(C)CC)OC(=O)CCCCCCCCCCCCC(C)CC. The molecule has 7 atom stereocenters. The maximum Gasteiger partial charge on any atom is 0.472 e. The number of rotatable bonds is 83. The number of esters is 4. The summed E-state index contributed by atoms with van der Waals surface area (Å²) in [4.78, 5) is 73.2. The Bertz CT molecular complexity index is 2010. The van der Waals surface area contributed by atoms with E-state index >= 15 is 0 Å². The van der Waals surface area contributed by atoms with Crippen LogP contribution in [0, 0.1) is 17.8 Å². The maximum absolute atomic E-state index is 13.1. The molecule has 0 aromatic rings. The second-order valence-corrected chi connectivity index (χ2v) is 34.4. The predicted octanol–water partition coefficient (Wildman–Crippen LogP) is 25.7. The first kappa shape index (κ1) is 102. The summed E-state index contributed by atoms with van der Waals surface area (Å²) in [7, 11) is -9.93. The number of aliphatic hydroxyl groups is 1. The van der Waals surface area contributed by atoms with Gasteiger partial charge >= 0.3 is 39.5 Å². The normalized spacial score (nSPS) is 14.4. The van der Waals surface area contributed by atoms with Crippen LogP contribution in [-0.2, 0) is 65.4 Å². The third kappa shape index (κ3) is 75.5. The van der Waals surface area contributed by atoms with E-state index in [1.54, 1.807) is 0 Å². The molecular weight excluding hydrogens is 1350 g/mol. The molecule has 3 N–H and O–H groups in total. The summed E-state index contributed by atoms with van der Waals surface area (Å²) >= 11 is 0. The monoisotopic (exact) mass is 1520 g/mol. The molecule has 17 nitrogen and oxygen atoms in total. The van der Waals surface area contributed by atoms with E-state index in [1.807, 2.05) is 0 Å². The highest BCUT2D eigenvalue weighted by molar-refractivity contribution is 7.47. The maximum atomic E-state index is 13.1. The molecule has 0 bridgehead atoms. The van der Waals surface area contributed by atoms with Gasteiger partial charge < -0.3 is 33.8 Å². The molecule has 0 saturated carbocycles. The summed E-state index contributed by atoms with van der Waals surface area (Å²) in [6.07, 6.45) is 65.0. The van der Waals surface area contributed by atoms with Crippen molar-refractivity contribution in [3.05, 3.63) is 0 Å². The van der Waals surface area contributed by atoms with Gasteiger partial charge in [0.1, 0.15) is 19.3 Å². The summed E-state index contributed by atoms with van der Waals surface area (Å²) < 4.78 is 68.9. The molecule has 0 fully saturated rings. The number of phosphoric ester groups is 2. The smallest absolute Gasteiger partial charge is 0.462 e. The third-order valence-corrected chi connectivity index (χ3v) is 22.5. The molecule has 0 saturated heterocycles. The highest BCUT2D eigenvalue weighted by atomic mass is 31.2. The van der Waals surface area contributed by atoms with Crippen LogP contribution in [0.15, 0.2) is 0 Å². The summed E-state index contributed by atoms with van der Waals surface area (Å²) in [5, 5.41) is 10.7. The number of ether oxygens (including phenoxy) is 4. The molecule has 0 spiro atoms. The van der Waals surface area contributed by atoms with Gasteiger partial charge in [0, 0.05) is 25.7 Å². The van der Waals surface area contributed by atoms with E-state index in [4.69, 9.17) is 37.0 Å². The Balaban J connectivity index is 5.24. The lowest BCUT2D eigenvalue weighted by Gasteiger charge is -2.21. The highest BCUT2D eigenvalue weighted by Crippen LogP contribution is 2.45. The first-order chi connectivity index (χ1) is 50.3. The van der Waals surface area contributed by atoms with Gasteiger partial charge in [0.2, 0.25) is 0 Å². The van der Waals surface area contributed by atoms with Crippen molar-refractivity contribution >= 4 is 39.5 Å². The Labute approximate surface area is 638 Å². The molecule has 0 heterocycles. The van der Waals surface area contributed by atoms with E-state index in [2.05, 4.69) is 48.5 Å². The minimum atomic E-state index is -4.97. The molecule has 0 amide bonds. The lowest BCUT2D eigenvalue weighted by atomic mass is 9.99. The molecule has 0 aromatic carbocycles. The molecule has 618 valence electrons. The summed E-state index contributed by atoms with van der Waals surface area (Å²) in [6.45, 7) is 12.1. The first-order valence-electron chi connectivity index (χ1n) is 43.9. The van der Waals surface area contributed by atoms with Crippen molar-refractivity contribution in [1.29, 1.82) is 0 Å². The molecule has 0 rings (SSSR count). The lowest BCUT2D eigenvalue weighted by molar-refractivity contribution is -0.161. The zero-order chi connectivity index (χ0) is 76.5. The summed E-state index contributed by atoms with van der Waals surface area (Å²) in [6, 6.07) is 0. The van der Waals surface area contributed by atoms with Gasteiger partial charge in [-0.1, -0.05) is 395 Å². The zero-order valence-electron chi connectivity index (χ0n) is 68.5. The number of carbonyl (C=O) groups excluding carboxylic acids is 4. The molecule has 0 aliphatic heterocycles. The molecule has 0 aliphatic carbocycles. The van der Waals surface area contributed by atoms with Crippen molar-refractivity contribution in [3.63, 3.8) is 0 Å². The Morgan fingerprint density at radius 3 is 0.731 bits per heavy atom.